The predicted octanol–water partition coefficient (Wildman–Crippen LogP) is 2.48. The Morgan fingerprint density at radius 1 is 1.00 bits per heavy atom. The number of hydrogen-bond acceptors (Lipinski definition) is 7. The summed E-state index contributed by atoms with van der Waals surface area (Å²) in [5.41, 5.74) is 2.73. The van der Waals surface area contributed by atoms with Crippen LogP contribution in [-0.2, 0) is 35.7 Å². The maximum Gasteiger partial charge on any atom is 0.328 e. The Labute approximate surface area is 258 Å². The van der Waals surface area contributed by atoms with Gasteiger partial charge in [0.25, 0.3) is 5.91 Å². The van der Waals surface area contributed by atoms with Crippen LogP contribution in [0.5, 0.6) is 0 Å². The standard InChI is InChI=1S/C32H40N4O7S/c1-22-9-11-25(12-10-22)44(41,42)36-17-5-8-28(36)30(38)33-27(32(40)43-2)13-14-29(37)34-18-15-23(16-19-34)20-35-21-24-6-3-4-7-26(24)31(35)39/h3-4,6-7,9-12,23,27-28H,5,8,13-21H2,1-2H3,(H,33,38)/t27-,28-/m0/s1. The van der Waals surface area contributed by atoms with E-state index in [0.29, 0.717) is 44.9 Å². The lowest BCUT2D eigenvalue weighted by atomic mass is 9.95. The van der Waals surface area contributed by atoms with E-state index in [1.165, 1.54) is 23.5 Å². The van der Waals surface area contributed by atoms with Crippen LogP contribution in [0.2, 0.25) is 0 Å². The lowest BCUT2D eigenvalue weighted by Crippen LogP contribution is -2.51. The molecule has 3 heterocycles. The van der Waals surface area contributed by atoms with Gasteiger partial charge in [-0.3, -0.25) is 14.4 Å². The highest BCUT2D eigenvalue weighted by Crippen LogP contribution is 2.28. The number of likely N-dealkylation sites (tertiary alicyclic amines) is 1. The van der Waals surface area contributed by atoms with Gasteiger partial charge in [0.05, 0.1) is 12.0 Å². The van der Waals surface area contributed by atoms with E-state index in [1.54, 1.807) is 17.0 Å². The third kappa shape index (κ3) is 6.81. The van der Waals surface area contributed by atoms with Gasteiger partial charge in [0.2, 0.25) is 21.8 Å². The zero-order valence-corrected chi connectivity index (χ0v) is 26.1. The minimum Gasteiger partial charge on any atom is -0.467 e. The van der Waals surface area contributed by atoms with Gasteiger partial charge in [-0.2, -0.15) is 4.31 Å². The van der Waals surface area contributed by atoms with Gasteiger partial charge >= 0.3 is 5.97 Å². The molecule has 3 aliphatic rings. The molecule has 2 atom stereocenters. The van der Waals surface area contributed by atoms with Crippen molar-refractivity contribution in [2.24, 2.45) is 5.92 Å². The van der Waals surface area contributed by atoms with Crippen LogP contribution in [0.1, 0.15) is 60.0 Å². The van der Waals surface area contributed by atoms with Crippen LogP contribution in [0.4, 0.5) is 0 Å². The highest BCUT2D eigenvalue weighted by Gasteiger charge is 2.41. The summed E-state index contributed by atoms with van der Waals surface area (Å²) in [7, 11) is -2.70. The van der Waals surface area contributed by atoms with E-state index >= 15 is 0 Å². The molecule has 0 unspecified atom stereocenters. The van der Waals surface area contributed by atoms with Crippen molar-refractivity contribution < 1.29 is 32.3 Å². The Morgan fingerprint density at radius 2 is 1.70 bits per heavy atom. The van der Waals surface area contributed by atoms with Crippen molar-refractivity contribution in [3.05, 3.63) is 65.2 Å². The molecule has 0 aliphatic carbocycles. The van der Waals surface area contributed by atoms with Gasteiger partial charge in [-0.15, -0.1) is 0 Å². The molecule has 0 radical (unpaired) electrons. The number of esters is 1. The van der Waals surface area contributed by atoms with Crippen molar-refractivity contribution in [3.8, 4) is 0 Å². The number of aryl methyl sites for hydroxylation is 1. The minimum atomic E-state index is -3.91. The number of piperidine rings is 1. The number of fused-ring (bicyclic) bond motifs is 1. The molecule has 0 aromatic heterocycles. The number of rotatable bonds is 10. The van der Waals surface area contributed by atoms with E-state index < -0.39 is 34.0 Å². The number of ether oxygens (including phenoxy) is 1. The summed E-state index contributed by atoms with van der Waals surface area (Å²) in [6.45, 7) is 4.45. The Hall–Kier alpha value is -3.77. The third-order valence-corrected chi connectivity index (χ3v) is 10.8. The van der Waals surface area contributed by atoms with Crippen molar-refractivity contribution >= 4 is 33.7 Å². The zero-order chi connectivity index (χ0) is 31.4. The van der Waals surface area contributed by atoms with Crippen LogP contribution in [0.25, 0.3) is 0 Å². The molecule has 2 saturated heterocycles. The van der Waals surface area contributed by atoms with Gasteiger partial charge in [-0.25, -0.2) is 13.2 Å². The first-order valence-corrected chi connectivity index (χ1v) is 16.6. The number of sulfonamides is 1. The molecule has 2 aromatic carbocycles. The quantitative estimate of drug-likeness (QED) is 0.402. The highest BCUT2D eigenvalue weighted by molar-refractivity contribution is 7.89. The zero-order valence-electron chi connectivity index (χ0n) is 25.2. The average molecular weight is 625 g/mol. The number of hydrogen-bond donors (Lipinski definition) is 1. The van der Waals surface area contributed by atoms with E-state index in [9.17, 15) is 27.6 Å². The molecule has 2 aromatic rings. The van der Waals surface area contributed by atoms with Crippen LogP contribution in [0.3, 0.4) is 0 Å². The van der Waals surface area contributed by atoms with Crippen LogP contribution >= 0.6 is 0 Å². The molecule has 1 N–H and O–H groups in total. The molecule has 3 amide bonds. The molecule has 236 valence electrons. The second-order valence-corrected chi connectivity index (χ2v) is 13.8. The van der Waals surface area contributed by atoms with Crippen LogP contribution < -0.4 is 5.32 Å². The summed E-state index contributed by atoms with van der Waals surface area (Å²) in [6, 6.07) is 12.1. The van der Waals surface area contributed by atoms with E-state index in [4.69, 9.17) is 4.74 Å². The van der Waals surface area contributed by atoms with Crippen molar-refractivity contribution in [1.82, 2.24) is 19.4 Å². The predicted molar refractivity (Wildman–Crippen MR) is 162 cm³/mol. The molecule has 0 spiro atoms. The van der Waals surface area contributed by atoms with Crippen molar-refractivity contribution in [2.45, 2.75) is 69.0 Å². The maximum absolute atomic E-state index is 13.3. The number of carbonyl (C=O) groups excluding carboxylic acids is 4. The van der Waals surface area contributed by atoms with Gasteiger partial charge < -0.3 is 19.9 Å². The Bertz CT molecular complexity index is 1500. The molecule has 2 fully saturated rings. The van der Waals surface area contributed by atoms with E-state index in [1.807, 2.05) is 36.1 Å². The fourth-order valence-corrected chi connectivity index (χ4v) is 8.02. The molecule has 11 nitrogen and oxygen atoms in total. The van der Waals surface area contributed by atoms with Crippen LogP contribution in [0.15, 0.2) is 53.4 Å². The molecule has 3 aliphatic heterocycles. The first-order valence-electron chi connectivity index (χ1n) is 15.2. The van der Waals surface area contributed by atoms with Gasteiger partial charge in [0.1, 0.15) is 12.1 Å². The summed E-state index contributed by atoms with van der Waals surface area (Å²) in [4.78, 5) is 55.4. The second kappa shape index (κ2) is 13.5. The normalized spacial score (nSPS) is 20.0. The topological polar surface area (TPSA) is 133 Å². The molecular formula is C32H40N4O7S. The smallest absolute Gasteiger partial charge is 0.328 e. The Kier molecular flexibility index (Phi) is 9.69. The van der Waals surface area contributed by atoms with Gasteiger partial charge in [-0.1, -0.05) is 35.9 Å². The lowest BCUT2D eigenvalue weighted by molar-refractivity contribution is -0.146. The monoisotopic (exact) mass is 624 g/mol. The molecule has 12 heteroatoms. The summed E-state index contributed by atoms with van der Waals surface area (Å²) in [6.07, 6.45) is 2.45. The van der Waals surface area contributed by atoms with Crippen LogP contribution in [0, 0.1) is 12.8 Å². The number of nitrogens with one attached hydrogen (secondary N) is 1. The van der Waals surface area contributed by atoms with E-state index in [-0.39, 0.29) is 36.1 Å². The minimum absolute atomic E-state index is 0.0285. The SMILES string of the molecule is COC(=O)[C@H](CCC(=O)N1CCC(CN2Cc3ccccc3C2=O)CC1)NC(=O)[C@@H]1CCCN1S(=O)(=O)c1ccc(C)cc1. The third-order valence-electron chi connectivity index (χ3n) is 8.92. The number of amides is 3. The molecular weight excluding hydrogens is 584 g/mol. The lowest BCUT2D eigenvalue weighted by Gasteiger charge is -2.34. The van der Waals surface area contributed by atoms with Gasteiger partial charge in [0, 0.05) is 44.7 Å². The number of methoxy groups -OCH3 is 1. The highest BCUT2D eigenvalue weighted by atomic mass is 32.2. The molecule has 5 rings (SSSR count). The Balaban J connectivity index is 1.12. The summed E-state index contributed by atoms with van der Waals surface area (Å²) < 4.78 is 32.7. The summed E-state index contributed by atoms with van der Waals surface area (Å²) >= 11 is 0. The average Bonchev–Trinajstić information content (AvgIpc) is 3.65. The molecule has 0 saturated carbocycles. The largest absolute Gasteiger partial charge is 0.467 e. The number of benzene rings is 2. The van der Waals surface area contributed by atoms with Crippen molar-refractivity contribution in [2.75, 3.05) is 33.3 Å². The summed E-state index contributed by atoms with van der Waals surface area (Å²) in [5, 5.41) is 2.66. The number of nitrogens with zero attached hydrogens (tertiary/aromatic N) is 3. The van der Waals surface area contributed by atoms with E-state index in [2.05, 4.69) is 5.32 Å². The van der Waals surface area contributed by atoms with E-state index in [0.717, 1.165) is 29.5 Å². The Morgan fingerprint density at radius 3 is 2.39 bits per heavy atom. The van der Waals surface area contributed by atoms with Gasteiger partial charge in [-0.05, 0) is 68.7 Å². The number of carbonyl (C=O) groups is 4. The fourth-order valence-electron chi connectivity index (χ4n) is 6.36. The second-order valence-electron chi connectivity index (χ2n) is 11.9. The molecule has 0 bridgehead atoms. The van der Waals surface area contributed by atoms with Crippen molar-refractivity contribution in [1.29, 1.82) is 0 Å². The van der Waals surface area contributed by atoms with Gasteiger partial charge in [0.15, 0.2) is 0 Å². The van der Waals surface area contributed by atoms with Crippen molar-refractivity contribution in [3.63, 3.8) is 0 Å². The first kappa shape index (κ1) is 31.6. The van der Waals surface area contributed by atoms with Crippen LogP contribution in [-0.4, -0.2) is 91.6 Å². The fraction of sp³-hybridized carbons (Fsp3) is 0.500. The summed E-state index contributed by atoms with van der Waals surface area (Å²) in [5.74, 6) is -1.04. The molecule has 44 heavy (non-hydrogen) atoms. The maximum atomic E-state index is 13.3. The first-order chi connectivity index (χ1) is 21.1.